The number of anilines is 1. The average Bonchev–Trinajstić information content (AvgIpc) is 2.42. The van der Waals surface area contributed by atoms with Crippen molar-refractivity contribution in [1.82, 2.24) is 0 Å². The fraction of sp³-hybridized carbons (Fsp3) is 0.0769. The summed E-state index contributed by atoms with van der Waals surface area (Å²) < 4.78 is 52.6. The number of nitrogen functional groups attached to an aromatic ring is 1. The van der Waals surface area contributed by atoms with Gasteiger partial charge in [-0.05, 0) is 48.5 Å². The normalized spacial score (nSPS) is 11.6. The molecule has 4 nitrogen and oxygen atoms in total. The van der Waals surface area contributed by atoms with Crippen molar-refractivity contribution in [2.45, 2.75) is 10.7 Å². The molecule has 0 aliphatic heterocycles. The van der Waals surface area contributed by atoms with E-state index >= 15 is 0 Å². The minimum atomic E-state index is -4.58. The van der Waals surface area contributed by atoms with Crippen LogP contribution >= 0.6 is 0 Å². The molecule has 0 amide bonds. The highest BCUT2D eigenvalue weighted by Crippen LogP contribution is 2.25. The topological polar surface area (TPSA) is 69.4 Å². The van der Waals surface area contributed by atoms with Gasteiger partial charge in [-0.15, -0.1) is 0 Å². The lowest BCUT2D eigenvalue weighted by molar-refractivity contribution is 0.234. The summed E-state index contributed by atoms with van der Waals surface area (Å²) in [4.78, 5) is -0.447. The van der Waals surface area contributed by atoms with Gasteiger partial charge in [0.15, 0.2) is 0 Å². The van der Waals surface area contributed by atoms with E-state index in [0.717, 1.165) is 12.1 Å². The lowest BCUT2D eigenvalue weighted by Crippen LogP contribution is -2.11. The number of hydrogen-bond acceptors (Lipinski definition) is 4. The molecule has 0 saturated carbocycles. The van der Waals surface area contributed by atoms with E-state index in [4.69, 9.17) is 10.5 Å². The van der Waals surface area contributed by atoms with Gasteiger partial charge in [-0.2, -0.15) is 8.78 Å². The highest BCUT2D eigenvalue weighted by Gasteiger charge is 2.26. The van der Waals surface area contributed by atoms with Gasteiger partial charge in [-0.25, -0.2) is 8.42 Å². The number of sulfone groups is 1. The fourth-order valence-corrected chi connectivity index (χ4v) is 2.19. The smallest absolute Gasteiger partial charge is 0.341 e. The Balaban J connectivity index is 2.19. The number of benzene rings is 2. The standard InChI is InChI=1S/C13H11F2NO3S/c14-13(15)20(17,18)12-7-5-11(6-8-12)19-10-3-1-9(16)2-4-10/h1-8,13H,16H2. The van der Waals surface area contributed by atoms with Gasteiger partial charge in [0, 0.05) is 5.69 Å². The van der Waals surface area contributed by atoms with Crippen LogP contribution in [0.25, 0.3) is 0 Å². The quantitative estimate of drug-likeness (QED) is 0.881. The molecule has 0 aromatic heterocycles. The lowest BCUT2D eigenvalue weighted by atomic mass is 10.3. The fourth-order valence-electron chi connectivity index (χ4n) is 1.47. The predicted molar refractivity (Wildman–Crippen MR) is 70.6 cm³/mol. The van der Waals surface area contributed by atoms with Gasteiger partial charge in [0.05, 0.1) is 4.90 Å². The molecular weight excluding hydrogens is 288 g/mol. The number of alkyl halides is 2. The summed E-state index contributed by atoms with van der Waals surface area (Å²) in [6, 6.07) is 11.3. The first-order valence-electron chi connectivity index (χ1n) is 5.55. The third-order valence-electron chi connectivity index (χ3n) is 2.50. The Morgan fingerprint density at radius 2 is 1.35 bits per heavy atom. The van der Waals surface area contributed by atoms with Gasteiger partial charge in [0.1, 0.15) is 11.5 Å². The van der Waals surface area contributed by atoms with Crippen LogP contribution in [0.3, 0.4) is 0 Å². The van der Waals surface area contributed by atoms with Crippen molar-refractivity contribution in [3.8, 4) is 11.5 Å². The Bertz CT molecular complexity index is 683. The van der Waals surface area contributed by atoms with E-state index in [9.17, 15) is 17.2 Å². The molecule has 0 atom stereocenters. The Kier molecular flexibility index (Phi) is 3.89. The van der Waals surface area contributed by atoms with E-state index in [1.165, 1.54) is 12.1 Å². The second kappa shape index (κ2) is 5.46. The molecule has 20 heavy (non-hydrogen) atoms. The summed E-state index contributed by atoms with van der Waals surface area (Å²) in [5, 5.41) is 0. The van der Waals surface area contributed by atoms with Gasteiger partial charge >= 0.3 is 5.76 Å². The Morgan fingerprint density at radius 1 is 0.900 bits per heavy atom. The van der Waals surface area contributed by atoms with Gasteiger partial charge in [0.25, 0.3) is 0 Å². The summed E-state index contributed by atoms with van der Waals surface area (Å²) in [7, 11) is -4.58. The van der Waals surface area contributed by atoms with Crippen molar-refractivity contribution >= 4 is 15.5 Å². The SMILES string of the molecule is Nc1ccc(Oc2ccc(S(=O)(=O)C(F)F)cc2)cc1. The van der Waals surface area contributed by atoms with Crippen molar-refractivity contribution in [3.05, 3.63) is 48.5 Å². The molecule has 0 saturated heterocycles. The third-order valence-corrected chi connectivity index (χ3v) is 3.90. The average molecular weight is 299 g/mol. The van der Waals surface area contributed by atoms with Crippen molar-refractivity contribution in [2.75, 3.05) is 5.73 Å². The van der Waals surface area contributed by atoms with E-state index in [2.05, 4.69) is 0 Å². The minimum absolute atomic E-state index is 0.336. The van der Waals surface area contributed by atoms with E-state index in [-0.39, 0.29) is 0 Å². The van der Waals surface area contributed by atoms with Crippen LogP contribution in [-0.4, -0.2) is 14.2 Å². The van der Waals surface area contributed by atoms with E-state index in [0.29, 0.717) is 17.2 Å². The van der Waals surface area contributed by atoms with Crippen LogP contribution < -0.4 is 10.5 Å². The Labute approximate surface area is 114 Å². The van der Waals surface area contributed by atoms with Crippen molar-refractivity contribution in [1.29, 1.82) is 0 Å². The molecule has 0 heterocycles. The monoisotopic (exact) mass is 299 g/mol. The van der Waals surface area contributed by atoms with E-state index in [1.807, 2.05) is 0 Å². The van der Waals surface area contributed by atoms with Crippen LogP contribution in [0.5, 0.6) is 11.5 Å². The van der Waals surface area contributed by atoms with Crippen LogP contribution in [0, 0.1) is 0 Å². The van der Waals surface area contributed by atoms with Crippen molar-refractivity contribution < 1.29 is 21.9 Å². The molecule has 0 unspecified atom stereocenters. The van der Waals surface area contributed by atoms with E-state index in [1.54, 1.807) is 24.3 Å². The second-order valence-corrected chi connectivity index (χ2v) is 5.87. The van der Waals surface area contributed by atoms with Gasteiger partial charge in [-0.3, -0.25) is 0 Å². The number of ether oxygens (including phenoxy) is 1. The molecule has 0 aliphatic rings. The first kappa shape index (κ1) is 14.3. The number of nitrogens with two attached hydrogens (primary N) is 1. The number of rotatable bonds is 4. The minimum Gasteiger partial charge on any atom is -0.457 e. The molecule has 0 bridgehead atoms. The summed E-state index contributed by atoms with van der Waals surface area (Å²) in [6.07, 6.45) is 0. The zero-order chi connectivity index (χ0) is 14.8. The molecule has 0 fully saturated rings. The van der Waals surface area contributed by atoms with Crippen LogP contribution in [-0.2, 0) is 9.84 Å². The van der Waals surface area contributed by atoms with Crippen LogP contribution in [0.1, 0.15) is 0 Å². The first-order chi connectivity index (χ1) is 9.39. The van der Waals surface area contributed by atoms with Crippen LogP contribution in [0.15, 0.2) is 53.4 Å². The highest BCUT2D eigenvalue weighted by atomic mass is 32.2. The first-order valence-corrected chi connectivity index (χ1v) is 7.10. The van der Waals surface area contributed by atoms with Crippen molar-refractivity contribution in [2.24, 2.45) is 0 Å². The molecule has 7 heteroatoms. The highest BCUT2D eigenvalue weighted by molar-refractivity contribution is 7.91. The molecule has 2 aromatic rings. The van der Waals surface area contributed by atoms with Gasteiger partial charge in [-0.1, -0.05) is 0 Å². The predicted octanol–water partition coefficient (Wildman–Crippen LogP) is 3.06. The molecule has 0 aliphatic carbocycles. The summed E-state index contributed by atoms with van der Waals surface area (Å²) in [5.74, 6) is -2.60. The zero-order valence-corrected chi connectivity index (χ0v) is 11.0. The van der Waals surface area contributed by atoms with Gasteiger partial charge in [0.2, 0.25) is 9.84 Å². The maximum absolute atomic E-state index is 12.4. The molecular formula is C13H11F2NO3S. The zero-order valence-electron chi connectivity index (χ0n) is 10.2. The lowest BCUT2D eigenvalue weighted by Gasteiger charge is -2.07. The number of halogens is 2. The molecule has 106 valence electrons. The van der Waals surface area contributed by atoms with E-state index < -0.39 is 20.5 Å². The maximum atomic E-state index is 12.4. The summed E-state index contributed by atoms with van der Waals surface area (Å²) in [5.41, 5.74) is 6.10. The Hall–Kier alpha value is -2.15. The largest absolute Gasteiger partial charge is 0.457 e. The van der Waals surface area contributed by atoms with Gasteiger partial charge < -0.3 is 10.5 Å². The summed E-state index contributed by atoms with van der Waals surface area (Å²) in [6.45, 7) is 0. The molecule has 2 rings (SSSR count). The summed E-state index contributed by atoms with van der Waals surface area (Å²) >= 11 is 0. The second-order valence-electron chi connectivity index (χ2n) is 3.95. The molecule has 2 aromatic carbocycles. The third kappa shape index (κ3) is 3.05. The number of hydrogen-bond donors (Lipinski definition) is 1. The van der Waals surface area contributed by atoms with Crippen LogP contribution in [0.4, 0.5) is 14.5 Å². The van der Waals surface area contributed by atoms with Crippen LogP contribution in [0.2, 0.25) is 0 Å². The maximum Gasteiger partial charge on any atom is 0.341 e. The molecule has 2 N–H and O–H groups in total. The molecule has 0 radical (unpaired) electrons. The molecule has 0 spiro atoms. The van der Waals surface area contributed by atoms with Crippen molar-refractivity contribution in [3.63, 3.8) is 0 Å². The Morgan fingerprint density at radius 3 is 1.80 bits per heavy atom.